The Labute approximate surface area is 142 Å². The van der Waals surface area contributed by atoms with Gasteiger partial charge in [0, 0.05) is 11.3 Å². The van der Waals surface area contributed by atoms with Crippen molar-refractivity contribution in [3.05, 3.63) is 65.0 Å². The van der Waals surface area contributed by atoms with E-state index in [1.165, 1.54) is 13.0 Å². The molecule has 0 aliphatic heterocycles. The molecular weight excluding hydrogens is 331 g/mol. The fourth-order valence-corrected chi connectivity index (χ4v) is 2.36. The summed E-state index contributed by atoms with van der Waals surface area (Å²) < 4.78 is 44.0. The van der Waals surface area contributed by atoms with Crippen LogP contribution in [0.15, 0.2) is 47.0 Å². The third-order valence-electron chi connectivity index (χ3n) is 3.76. The van der Waals surface area contributed by atoms with Crippen LogP contribution in [0.4, 0.5) is 18.9 Å². The monoisotopic (exact) mass is 347 g/mol. The lowest BCUT2D eigenvalue weighted by molar-refractivity contribution is -0.138. The molecule has 1 heterocycles. The van der Waals surface area contributed by atoms with E-state index in [1.807, 2.05) is 31.2 Å². The van der Waals surface area contributed by atoms with Crippen molar-refractivity contribution in [2.45, 2.75) is 26.6 Å². The van der Waals surface area contributed by atoms with Crippen LogP contribution in [0.3, 0.4) is 0 Å². The molecule has 0 saturated heterocycles. The summed E-state index contributed by atoms with van der Waals surface area (Å²) in [5, 5.41) is 6.77. The summed E-state index contributed by atoms with van der Waals surface area (Å²) >= 11 is 0. The minimum Gasteiger partial charge on any atom is -0.376 e. The maximum Gasteiger partial charge on any atom is 0.416 e. The molecule has 1 aromatic heterocycles. The molecule has 0 radical (unpaired) electrons. The molecule has 0 aliphatic rings. The van der Waals surface area contributed by atoms with Gasteiger partial charge >= 0.3 is 6.18 Å². The van der Waals surface area contributed by atoms with Crippen LogP contribution in [-0.2, 0) is 12.7 Å². The molecule has 0 saturated carbocycles. The Hall–Kier alpha value is -2.83. The first-order valence-electron chi connectivity index (χ1n) is 7.64. The van der Waals surface area contributed by atoms with Gasteiger partial charge in [-0.15, -0.1) is 0 Å². The lowest BCUT2D eigenvalue weighted by Gasteiger charge is -2.12. The molecule has 4 nitrogen and oxygen atoms in total. The Kier molecular flexibility index (Phi) is 4.48. The Morgan fingerprint density at radius 2 is 1.76 bits per heavy atom. The van der Waals surface area contributed by atoms with Gasteiger partial charge in [0.15, 0.2) is 0 Å². The summed E-state index contributed by atoms with van der Waals surface area (Å²) in [6.45, 7) is 3.55. The standard InChI is InChI=1S/C18H16F3N3O/c1-11-3-6-13(7-4-11)17-23-16(25-24-17)10-22-14-8-5-12(2)15(9-14)18(19,20)21/h3-9,22H,10H2,1-2H3. The van der Waals surface area contributed by atoms with Crippen LogP contribution in [0, 0.1) is 13.8 Å². The van der Waals surface area contributed by atoms with Crippen molar-refractivity contribution in [2.75, 3.05) is 5.32 Å². The topological polar surface area (TPSA) is 51.0 Å². The van der Waals surface area contributed by atoms with Gasteiger partial charge in [-0.1, -0.05) is 41.1 Å². The van der Waals surface area contributed by atoms with Crippen LogP contribution in [0.2, 0.25) is 0 Å². The molecule has 2 aromatic carbocycles. The summed E-state index contributed by atoms with van der Waals surface area (Å²) in [7, 11) is 0. The highest BCUT2D eigenvalue weighted by Gasteiger charge is 2.32. The van der Waals surface area contributed by atoms with E-state index < -0.39 is 11.7 Å². The number of anilines is 1. The number of hydrogen-bond acceptors (Lipinski definition) is 4. The van der Waals surface area contributed by atoms with Gasteiger partial charge in [0.05, 0.1) is 12.1 Å². The predicted octanol–water partition coefficient (Wildman–Crippen LogP) is 4.98. The first-order valence-corrected chi connectivity index (χ1v) is 7.64. The number of nitrogens with one attached hydrogen (secondary N) is 1. The van der Waals surface area contributed by atoms with Crippen molar-refractivity contribution in [3.8, 4) is 11.4 Å². The molecule has 0 unspecified atom stereocenters. The lowest BCUT2D eigenvalue weighted by atomic mass is 10.1. The summed E-state index contributed by atoms with van der Waals surface area (Å²) in [5.74, 6) is 0.737. The van der Waals surface area contributed by atoms with Crippen LogP contribution in [0.5, 0.6) is 0 Å². The smallest absolute Gasteiger partial charge is 0.376 e. The van der Waals surface area contributed by atoms with Gasteiger partial charge in [-0.3, -0.25) is 0 Å². The van der Waals surface area contributed by atoms with E-state index in [-0.39, 0.29) is 12.1 Å². The van der Waals surface area contributed by atoms with E-state index in [2.05, 4.69) is 15.5 Å². The Bertz CT molecular complexity index is 870. The van der Waals surface area contributed by atoms with E-state index >= 15 is 0 Å². The minimum absolute atomic E-state index is 0.138. The van der Waals surface area contributed by atoms with E-state index in [0.29, 0.717) is 17.4 Å². The molecule has 0 bridgehead atoms. The molecular formula is C18H16F3N3O. The predicted molar refractivity (Wildman–Crippen MR) is 88.0 cm³/mol. The SMILES string of the molecule is Cc1ccc(-c2noc(CNc3ccc(C)c(C(F)(F)F)c3)n2)cc1. The number of aromatic nitrogens is 2. The fraction of sp³-hybridized carbons (Fsp3) is 0.222. The third kappa shape index (κ3) is 3.99. The maximum atomic E-state index is 12.9. The fourth-order valence-electron chi connectivity index (χ4n) is 2.36. The number of rotatable bonds is 4. The third-order valence-corrected chi connectivity index (χ3v) is 3.76. The van der Waals surface area contributed by atoms with Gasteiger partial charge < -0.3 is 9.84 Å². The van der Waals surface area contributed by atoms with Gasteiger partial charge in [-0.2, -0.15) is 18.2 Å². The van der Waals surface area contributed by atoms with E-state index in [9.17, 15) is 13.2 Å². The molecule has 3 rings (SSSR count). The lowest BCUT2D eigenvalue weighted by Crippen LogP contribution is -2.09. The quantitative estimate of drug-likeness (QED) is 0.723. The molecule has 0 fully saturated rings. The summed E-state index contributed by atoms with van der Waals surface area (Å²) in [4.78, 5) is 4.25. The summed E-state index contributed by atoms with van der Waals surface area (Å²) in [6, 6.07) is 11.7. The molecule has 1 N–H and O–H groups in total. The van der Waals surface area contributed by atoms with Gasteiger partial charge in [0.1, 0.15) is 0 Å². The number of nitrogens with zero attached hydrogens (tertiary/aromatic N) is 2. The average molecular weight is 347 g/mol. The number of hydrogen-bond donors (Lipinski definition) is 1. The van der Waals surface area contributed by atoms with Crippen LogP contribution in [-0.4, -0.2) is 10.1 Å². The van der Waals surface area contributed by atoms with Crippen molar-refractivity contribution in [1.29, 1.82) is 0 Å². The second kappa shape index (κ2) is 6.58. The highest BCUT2D eigenvalue weighted by Crippen LogP contribution is 2.33. The summed E-state index contributed by atoms with van der Waals surface area (Å²) in [6.07, 6.45) is -4.38. The van der Waals surface area contributed by atoms with Crippen molar-refractivity contribution >= 4 is 5.69 Å². The van der Waals surface area contributed by atoms with E-state index in [1.54, 1.807) is 6.07 Å². The highest BCUT2D eigenvalue weighted by molar-refractivity contribution is 5.54. The van der Waals surface area contributed by atoms with Crippen molar-refractivity contribution in [1.82, 2.24) is 10.1 Å². The van der Waals surface area contributed by atoms with Gasteiger partial charge in [-0.25, -0.2) is 0 Å². The zero-order chi connectivity index (χ0) is 18.0. The first-order chi connectivity index (χ1) is 11.8. The zero-order valence-electron chi connectivity index (χ0n) is 13.7. The van der Waals surface area contributed by atoms with E-state index in [0.717, 1.165) is 17.2 Å². The Morgan fingerprint density at radius 3 is 2.44 bits per heavy atom. The zero-order valence-corrected chi connectivity index (χ0v) is 13.7. The van der Waals surface area contributed by atoms with E-state index in [4.69, 9.17) is 4.52 Å². The average Bonchev–Trinajstić information content (AvgIpc) is 3.02. The maximum absolute atomic E-state index is 12.9. The molecule has 0 atom stereocenters. The molecule has 7 heteroatoms. The number of alkyl halides is 3. The number of benzene rings is 2. The highest BCUT2D eigenvalue weighted by atomic mass is 19.4. The van der Waals surface area contributed by atoms with Crippen molar-refractivity contribution < 1.29 is 17.7 Å². The molecule has 0 amide bonds. The largest absolute Gasteiger partial charge is 0.416 e. The second-order valence-electron chi connectivity index (χ2n) is 5.76. The number of halogens is 3. The normalized spacial score (nSPS) is 11.6. The van der Waals surface area contributed by atoms with Crippen molar-refractivity contribution in [3.63, 3.8) is 0 Å². The van der Waals surface area contributed by atoms with Gasteiger partial charge in [0.25, 0.3) is 0 Å². The molecule has 3 aromatic rings. The summed E-state index contributed by atoms with van der Waals surface area (Å²) in [5.41, 5.74) is 1.79. The Balaban J connectivity index is 1.71. The second-order valence-corrected chi connectivity index (χ2v) is 5.76. The van der Waals surface area contributed by atoms with Crippen LogP contribution >= 0.6 is 0 Å². The first kappa shape index (κ1) is 17.0. The Morgan fingerprint density at radius 1 is 1.04 bits per heavy atom. The minimum atomic E-state index is -4.38. The van der Waals surface area contributed by atoms with Crippen LogP contribution < -0.4 is 5.32 Å². The number of aryl methyl sites for hydroxylation is 2. The molecule has 0 aliphatic carbocycles. The molecule has 25 heavy (non-hydrogen) atoms. The van der Waals surface area contributed by atoms with Crippen LogP contribution in [0.25, 0.3) is 11.4 Å². The van der Waals surface area contributed by atoms with Crippen LogP contribution in [0.1, 0.15) is 22.6 Å². The molecule has 0 spiro atoms. The van der Waals surface area contributed by atoms with Gasteiger partial charge in [-0.05, 0) is 31.5 Å². The van der Waals surface area contributed by atoms with Crippen molar-refractivity contribution in [2.24, 2.45) is 0 Å². The molecule has 130 valence electrons. The van der Waals surface area contributed by atoms with Gasteiger partial charge in [0.2, 0.25) is 11.7 Å².